The summed E-state index contributed by atoms with van der Waals surface area (Å²) < 4.78 is 2.03. The van der Waals surface area contributed by atoms with Crippen molar-refractivity contribution < 1.29 is 24.0 Å². The van der Waals surface area contributed by atoms with E-state index in [9.17, 15) is 24.0 Å². The molecule has 4 N–H and O–H groups in total. The highest BCUT2D eigenvalue weighted by Crippen LogP contribution is 2.31. The van der Waals surface area contributed by atoms with Gasteiger partial charge in [-0.25, -0.2) is 14.1 Å². The lowest BCUT2D eigenvalue weighted by molar-refractivity contribution is -0.143. The molecule has 1 aromatic heterocycles. The molecule has 2 aromatic rings. The highest BCUT2D eigenvalue weighted by Gasteiger charge is 2.43. The summed E-state index contributed by atoms with van der Waals surface area (Å²) in [7, 11) is 1.95. The summed E-state index contributed by atoms with van der Waals surface area (Å²) in [6, 6.07) is 10.4. The Balaban J connectivity index is 0.00000253. The van der Waals surface area contributed by atoms with Gasteiger partial charge in [-0.05, 0) is 92.6 Å². The third kappa shape index (κ3) is 13.1. The molecule has 4 rings (SSSR count). The maximum absolute atomic E-state index is 14.5. The topological polar surface area (TPSA) is 153 Å². The number of likely N-dealkylation sites (tertiary alicyclic amines) is 1. The van der Waals surface area contributed by atoms with Gasteiger partial charge in [0, 0.05) is 31.9 Å². The fourth-order valence-electron chi connectivity index (χ4n) is 6.77. The number of amides is 5. The van der Waals surface area contributed by atoms with Crippen LogP contribution in [0.3, 0.4) is 0 Å². The Morgan fingerprint density at radius 1 is 0.944 bits per heavy atom. The number of aromatic nitrogens is 1. The fraction of sp³-hybridized carbons (Fsp3) is 0.610. The lowest BCUT2D eigenvalue weighted by Crippen LogP contribution is -2.60. The normalized spacial score (nSPS) is 17.1. The number of likely N-dealkylation sites (N-methyl/N-ethyl adjacent to an activating group) is 2. The van der Waals surface area contributed by atoms with Crippen LogP contribution >= 0.6 is 11.9 Å². The van der Waals surface area contributed by atoms with Crippen LogP contribution in [0.15, 0.2) is 53.7 Å². The fourth-order valence-corrected chi connectivity index (χ4v) is 7.57. The lowest BCUT2D eigenvalue weighted by Gasteiger charge is -2.36. The highest BCUT2D eigenvalue weighted by atomic mass is 32.2. The van der Waals surface area contributed by atoms with Gasteiger partial charge in [0.2, 0.25) is 17.6 Å². The first kappa shape index (κ1) is 44.4. The van der Waals surface area contributed by atoms with Gasteiger partial charge in [0.15, 0.2) is 0 Å². The smallest absolute Gasteiger partial charge is 0.315 e. The van der Waals surface area contributed by atoms with Gasteiger partial charge in [0.05, 0.1) is 6.04 Å². The standard InChI is InChI=1S/C38H55N7O5S.C3H8/c1-7-9-17-28(33(46)35(48)39-8-2)41-34(47)29-18-14-21-45(29)36(49)32(27-22-25-15-10-11-16-26(25)23-27)43-37(50)42-30(38(3,4)5)24-44(6)51-31-19-12-13-20-40-31;1-3-2/h10-13,15-16,19-20,27-30,32H,7-9,14,17-18,21-24H2,1-6H3,(H,39,48)(H,41,47)(H2,42,43,50);3H2,1-2H3. The van der Waals surface area contributed by atoms with Crippen molar-refractivity contribution in [1.29, 1.82) is 0 Å². The van der Waals surface area contributed by atoms with E-state index in [1.165, 1.54) is 18.4 Å². The van der Waals surface area contributed by atoms with Crippen molar-refractivity contribution in [1.82, 2.24) is 35.5 Å². The molecular formula is C41H63N7O5S. The van der Waals surface area contributed by atoms with E-state index < -0.39 is 41.8 Å². The van der Waals surface area contributed by atoms with E-state index in [1.54, 1.807) is 18.0 Å². The first-order chi connectivity index (χ1) is 25.7. The maximum atomic E-state index is 14.5. The van der Waals surface area contributed by atoms with Crippen LogP contribution in [0.2, 0.25) is 0 Å². The number of ketones is 1. The van der Waals surface area contributed by atoms with E-state index in [0.717, 1.165) is 22.6 Å². The molecule has 298 valence electrons. The van der Waals surface area contributed by atoms with E-state index in [4.69, 9.17) is 0 Å². The number of carbonyl (C=O) groups is 5. The van der Waals surface area contributed by atoms with Gasteiger partial charge in [0.25, 0.3) is 5.91 Å². The summed E-state index contributed by atoms with van der Waals surface area (Å²) in [6.07, 6.45) is 7.01. The average molecular weight is 766 g/mol. The van der Waals surface area contributed by atoms with E-state index in [0.29, 0.717) is 58.2 Å². The monoisotopic (exact) mass is 765 g/mol. The number of pyridine rings is 1. The van der Waals surface area contributed by atoms with E-state index in [1.807, 2.05) is 48.6 Å². The molecule has 1 aliphatic heterocycles. The molecule has 5 amide bonds. The number of urea groups is 1. The molecule has 12 nitrogen and oxygen atoms in total. The van der Waals surface area contributed by atoms with Crippen LogP contribution in [0.4, 0.5) is 4.79 Å². The zero-order chi connectivity index (χ0) is 39.8. The first-order valence-electron chi connectivity index (χ1n) is 19.6. The Labute approximate surface area is 326 Å². The maximum Gasteiger partial charge on any atom is 0.315 e. The van der Waals surface area contributed by atoms with Crippen LogP contribution in [-0.2, 0) is 32.0 Å². The Bertz CT molecular complexity index is 1510. The van der Waals surface area contributed by atoms with Crippen molar-refractivity contribution in [2.75, 3.05) is 26.7 Å². The van der Waals surface area contributed by atoms with Gasteiger partial charge in [0.1, 0.15) is 17.1 Å². The molecule has 1 fully saturated rings. The predicted molar refractivity (Wildman–Crippen MR) is 215 cm³/mol. The van der Waals surface area contributed by atoms with Crippen LogP contribution in [0.5, 0.6) is 0 Å². The summed E-state index contributed by atoms with van der Waals surface area (Å²) in [4.78, 5) is 73.5. The number of nitrogens with zero attached hydrogens (tertiary/aromatic N) is 3. The third-order valence-corrected chi connectivity index (χ3v) is 10.6. The number of hydrogen-bond donors (Lipinski definition) is 4. The largest absolute Gasteiger partial charge is 0.350 e. The molecule has 2 aliphatic rings. The van der Waals surface area contributed by atoms with Gasteiger partial charge < -0.3 is 26.2 Å². The predicted octanol–water partition coefficient (Wildman–Crippen LogP) is 5.31. The zero-order valence-corrected chi connectivity index (χ0v) is 34.4. The molecule has 4 atom stereocenters. The summed E-state index contributed by atoms with van der Waals surface area (Å²) in [5.74, 6) is -2.41. The van der Waals surface area contributed by atoms with Gasteiger partial charge in [-0.2, -0.15) is 0 Å². The van der Waals surface area contributed by atoms with Crippen molar-refractivity contribution in [3.8, 4) is 0 Å². The minimum atomic E-state index is -0.978. The molecular weight excluding hydrogens is 703 g/mol. The van der Waals surface area contributed by atoms with Gasteiger partial charge in [-0.15, -0.1) is 0 Å². The SMILES string of the molecule is CCC.CCCCC(NC(=O)C1CCCN1C(=O)C(NC(=O)NC(CN(C)Sc1ccccn1)C(C)(C)C)C1Cc2ccccc2C1)C(=O)C(=O)NCC. The molecule has 0 spiro atoms. The van der Waals surface area contributed by atoms with Gasteiger partial charge in [-0.1, -0.05) is 91.1 Å². The number of nitrogens with one attached hydrogen (secondary N) is 4. The molecule has 1 saturated heterocycles. The second kappa shape index (κ2) is 21.8. The molecule has 1 aromatic carbocycles. The van der Waals surface area contributed by atoms with Crippen LogP contribution in [-0.4, -0.2) is 94.6 Å². The molecule has 54 heavy (non-hydrogen) atoms. The minimum absolute atomic E-state index is 0.211. The second-order valence-electron chi connectivity index (χ2n) is 15.3. The van der Waals surface area contributed by atoms with E-state index >= 15 is 0 Å². The summed E-state index contributed by atoms with van der Waals surface area (Å²) in [5.41, 5.74) is 1.97. The van der Waals surface area contributed by atoms with Crippen molar-refractivity contribution >= 4 is 41.5 Å². The average Bonchev–Trinajstić information content (AvgIpc) is 3.80. The van der Waals surface area contributed by atoms with Gasteiger partial charge in [-0.3, -0.25) is 19.2 Å². The van der Waals surface area contributed by atoms with E-state index in [2.05, 4.69) is 73.0 Å². The molecule has 2 heterocycles. The van der Waals surface area contributed by atoms with Crippen LogP contribution in [0.25, 0.3) is 0 Å². The van der Waals surface area contributed by atoms with Gasteiger partial charge >= 0.3 is 6.03 Å². The zero-order valence-electron chi connectivity index (χ0n) is 33.6. The molecule has 13 heteroatoms. The van der Waals surface area contributed by atoms with Crippen molar-refractivity contribution in [2.45, 2.75) is 129 Å². The summed E-state index contributed by atoms with van der Waals surface area (Å²) in [5, 5.41) is 12.4. The number of benzene rings is 1. The molecule has 1 aliphatic carbocycles. The quantitative estimate of drug-likeness (QED) is 0.133. The number of carbonyl (C=O) groups excluding carboxylic acids is 5. The molecule has 0 bridgehead atoms. The number of Topliss-reactive ketones (excluding diaryl/α,β-unsaturated/α-hetero) is 1. The summed E-state index contributed by atoms with van der Waals surface area (Å²) >= 11 is 1.49. The Kier molecular flexibility index (Phi) is 17.9. The number of unbranched alkanes of at least 4 members (excludes halogenated alkanes) is 1. The number of fused-ring (bicyclic) bond motifs is 1. The van der Waals surface area contributed by atoms with Crippen LogP contribution < -0.4 is 21.3 Å². The second-order valence-corrected chi connectivity index (χ2v) is 16.6. The third-order valence-electron chi connectivity index (χ3n) is 9.66. The minimum Gasteiger partial charge on any atom is -0.350 e. The molecule has 0 saturated carbocycles. The first-order valence-corrected chi connectivity index (χ1v) is 20.4. The van der Waals surface area contributed by atoms with Crippen molar-refractivity contribution in [3.63, 3.8) is 0 Å². The van der Waals surface area contributed by atoms with Crippen LogP contribution in [0, 0.1) is 11.3 Å². The number of hydrogen-bond acceptors (Lipinski definition) is 8. The lowest BCUT2D eigenvalue weighted by atomic mass is 9.86. The Morgan fingerprint density at radius 3 is 2.17 bits per heavy atom. The number of rotatable bonds is 16. The molecule has 0 radical (unpaired) electrons. The van der Waals surface area contributed by atoms with Crippen LogP contribution in [0.1, 0.15) is 98.1 Å². The van der Waals surface area contributed by atoms with E-state index in [-0.39, 0.29) is 23.3 Å². The molecule has 4 unspecified atom stereocenters. The van der Waals surface area contributed by atoms with Crippen molar-refractivity contribution in [3.05, 3.63) is 59.8 Å². The van der Waals surface area contributed by atoms with Crippen molar-refractivity contribution in [2.24, 2.45) is 11.3 Å². The summed E-state index contributed by atoms with van der Waals surface area (Å²) in [6.45, 7) is 15.3. The Morgan fingerprint density at radius 2 is 1.59 bits per heavy atom. The Hall–Kier alpha value is -3.97. The highest BCUT2D eigenvalue weighted by molar-refractivity contribution is 7.96.